The maximum Gasteiger partial charge on any atom is 0.328 e. The Morgan fingerprint density at radius 1 is 1.40 bits per heavy atom. The van der Waals surface area contributed by atoms with E-state index in [0.29, 0.717) is 5.92 Å². The lowest BCUT2D eigenvalue weighted by Crippen LogP contribution is -2.33. The molecular formula is C10H17N3O2. The van der Waals surface area contributed by atoms with E-state index in [0.717, 1.165) is 6.42 Å². The number of nitrogens with zero attached hydrogens (tertiary/aromatic N) is 1. The van der Waals surface area contributed by atoms with E-state index in [1.165, 1.54) is 10.8 Å². The van der Waals surface area contributed by atoms with Crippen LogP contribution in [-0.2, 0) is 0 Å². The first-order valence-electron chi connectivity index (χ1n) is 5.02. The van der Waals surface area contributed by atoms with Crippen molar-refractivity contribution in [1.29, 1.82) is 0 Å². The number of nitrogens with two attached hydrogens (primary N) is 1. The van der Waals surface area contributed by atoms with Crippen molar-refractivity contribution < 1.29 is 0 Å². The van der Waals surface area contributed by atoms with E-state index in [-0.39, 0.29) is 11.7 Å². The summed E-state index contributed by atoms with van der Waals surface area (Å²) in [6, 6.07) is 0.0386. The molecule has 1 heterocycles. The quantitative estimate of drug-likeness (QED) is 0.773. The molecule has 5 heteroatoms. The highest BCUT2D eigenvalue weighted by Crippen LogP contribution is 2.14. The van der Waals surface area contributed by atoms with Crippen LogP contribution in [0.1, 0.15) is 33.2 Å². The van der Waals surface area contributed by atoms with Crippen LogP contribution in [0.3, 0.4) is 0 Å². The molecule has 0 fully saturated rings. The van der Waals surface area contributed by atoms with E-state index in [1.807, 2.05) is 6.92 Å². The van der Waals surface area contributed by atoms with Gasteiger partial charge in [0.25, 0.3) is 5.56 Å². The predicted molar refractivity (Wildman–Crippen MR) is 59.9 cm³/mol. The van der Waals surface area contributed by atoms with Gasteiger partial charge in [-0.05, 0) is 19.3 Å². The molecule has 3 N–H and O–H groups in total. The van der Waals surface area contributed by atoms with Crippen LogP contribution in [0.25, 0.3) is 0 Å². The lowest BCUT2D eigenvalue weighted by atomic mass is 10.1. The molecule has 0 aliphatic rings. The van der Waals surface area contributed by atoms with Gasteiger partial charge < -0.3 is 5.73 Å². The smallest absolute Gasteiger partial charge is 0.328 e. The molecule has 5 nitrogen and oxygen atoms in total. The van der Waals surface area contributed by atoms with Crippen molar-refractivity contribution in [2.75, 3.05) is 5.73 Å². The molecule has 0 spiro atoms. The number of hydrogen-bond acceptors (Lipinski definition) is 3. The summed E-state index contributed by atoms with van der Waals surface area (Å²) < 4.78 is 1.47. The molecule has 0 amide bonds. The summed E-state index contributed by atoms with van der Waals surface area (Å²) in [5.74, 6) is 0.486. The Hall–Kier alpha value is -1.52. The topological polar surface area (TPSA) is 80.9 Å². The van der Waals surface area contributed by atoms with E-state index < -0.39 is 11.2 Å². The molecule has 1 unspecified atom stereocenters. The summed E-state index contributed by atoms with van der Waals surface area (Å²) >= 11 is 0. The third kappa shape index (κ3) is 2.71. The monoisotopic (exact) mass is 211 g/mol. The lowest BCUT2D eigenvalue weighted by molar-refractivity contribution is 0.414. The first-order chi connectivity index (χ1) is 6.91. The minimum atomic E-state index is -0.520. The van der Waals surface area contributed by atoms with Crippen LogP contribution in [-0.4, -0.2) is 9.55 Å². The van der Waals surface area contributed by atoms with Crippen LogP contribution >= 0.6 is 0 Å². The molecule has 0 radical (unpaired) electrons. The molecule has 1 atom stereocenters. The molecule has 0 aliphatic heterocycles. The van der Waals surface area contributed by atoms with Crippen LogP contribution in [0.15, 0.2) is 15.8 Å². The zero-order valence-corrected chi connectivity index (χ0v) is 9.28. The molecular weight excluding hydrogens is 194 g/mol. The highest BCUT2D eigenvalue weighted by molar-refractivity contribution is 5.30. The zero-order chi connectivity index (χ0) is 11.6. The molecule has 0 aliphatic carbocycles. The SMILES string of the molecule is CC(C)CC(C)n1cc(N)c(=O)[nH]c1=O. The van der Waals surface area contributed by atoms with Gasteiger partial charge in [0.2, 0.25) is 0 Å². The molecule has 1 rings (SSSR count). The normalized spacial score (nSPS) is 13.1. The van der Waals surface area contributed by atoms with Crippen molar-refractivity contribution in [3.63, 3.8) is 0 Å². The number of rotatable bonds is 3. The minimum absolute atomic E-state index is 0.0386. The second kappa shape index (κ2) is 4.33. The number of hydrogen-bond donors (Lipinski definition) is 2. The maximum atomic E-state index is 11.5. The summed E-state index contributed by atoms with van der Waals surface area (Å²) in [6.45, 7) is 6.09. The number of nitrogen functional groups attached to an aromatic ring is 1. The average molecular weight is 211 g/mol. The first-order valence-corrected chi connectivity index (χ1v) is 5.02. The van der Waals surface area contributed by atoms with E-state index in [2.05, 4.69) is 18.8 Å². The van der Waals surface area contributed by atoms with Crippen molar-refractivity contribution in [1.82, 2.24) is 9.55 Å². The predicted octanol–water partition coefficient (Wildman–Crippen LogP) is 0.726. The fraction of sp³-hybridized carbons (Fsp3) is 0.600. The Morgan fingerprint density at radius 3 is 2.53 bits per heavy atom. The standard InChI is InChI=1S/C10H17N3O2/c1-6(2)4-7(3)13-5-8(11)9(14)12-10(13)15/h5-7H,4,11H2,1-3H3,(H,12,14,15). The average Bonchev–Trinajstić information content (AvgIpc) is 2.09. The number of nitrogens with one attached hydrogen (secondary N) is 1. The number of anilines is 1. The zero-order valence-electron chi connectivity index (χ0n) is 9.28. The van der Waals surface area contributed by atoms with Gasteiger partial charge in [-0.1, -0.05) is 13.8 Å². The lowest BCUT2D eigenvalue weighted by Gasteiger charge is -2.16. The molecule has 0 aromatic carbocycles. The minimum Gasteiger partial charge on any atom is -0.393 e. The van der Waals surface area contributed by atoms with Crippen molar-refractivity contribution in [2.24, 2.45) is 5.92 Å². The summed E-state index contributed by atoms with van der Waals surface area (Å²) in [4.78, 5) is 24.7. The third-order valence-electron chi connectivity index (χ3n) is 2.28. The van der Waals surface area contributed by atoms with Gasteiger partial charge in [-0.15, -0.1) is 0 Å². The van der Waals surface area contributed by atoms with Gasteiger partial charge >= 0.3 is 5.69 Å². The number of H-pyrrole nitrogens is 1. The highest BCUT2D eigenvalue weighted by atomic mass is 16.2. The summed E-state index contributed by atoms with van der Waals surface area (Å²) in [7, 11) is 0. The van der Waals surface area contributed by atoms with E-state index >= 15 is 0 Å². The van der Waals surface area contributed by atoms with Gasteiger partial charge in [0.15, 0.2) is 0 Å². The Kier molecular flexibility index (Phi) is 3.34. The summed E-state index contributed by atoms with van der Waals surface area (Å²) in [5.41, 5.74) is 4.61. The van der Waals surface area contributed by atoms with Crippen LogP contribution in [0.5, 0.6) is 0 Å². The molecule has 1 aromatic rings. The molecule has 84 valence electrons. The fourth-order valence-corrected chi connectivity index (χ4v) is 1.62. The number of aromatic amines is 1. The van der Waals surface area contributed by atoms with Crippen molar-refractivity contribution in [3.05, 3.63) is 27.0 Å². The van der Waals surface area contributed by atoms with Gasteiger partial charge in [-0.2, -0.15) is 0 Å². The Bertz CT molecular complexity index is 445. The van der Waals surface area contributed by atoms with E-state index in [9.17, 15) is 9.59 Å². The van der Waals surface area contributed by atoms with Crippen molar-refractivity contribution >= 4 is 5.69 Å². The molecule has 0 saturated carbocycles. The second-order valence-corrected chi connectivity index (χ2v) is 4.23. The highest BCUT2D eigenvalue weighted by Gasteiger charge is 2.10. The maximum absolute atomic E-state index is 11.5. The van der Waals surface area contributed by atoms with Crippen LogP contribution in [0.2, 0.25) is 0 Å². The molecule has 1 aromatic heterocycles. The molecule has 0 saturated heterocycles. The van der Waals surface area contributed by atoms with Gasteiger partial charge in [0.1, 0.15) is 5.69 Å². The van der Waals surface area contributed by atoms with Gasteiger partial charge in [-0.25, -0.2) is 4.79 Å². The van der Waals surface area contributed by atoms with Crippen LogP contribution < -0.4 is 17.0 Å². The Labute approximate surface area is 87.9 Å². The Balaban J connectivity index is 3.10. The number of aromatic nitrogens is 2. The van der Waals surface area contributed by atoms with E-state index in [4.69, 9.17) is 5.73 Å². The van der Waals surface area contributed by atoms with Crippen molar-refractivity contribution in [3.8, 4) is 0 Å². The van der Waals surface area contributed by atoms with Gasteiger partial charge in [0.05, 0.1) is 0 Å². The largest absolute Gasteiger partial charge is 0.393 e. The molecule has 0 bridgehead atoms. The van der Waals surface area contributed by atoms with Gasteiger partial charge in [0, 0.05) is 12.2 Å². The van der Waals surface area contributed by atoms with Crippen LogP contribution in [0, 0.1) is 5.92 Å². The Morgan fingerprint density at radius 2 is 2.00 bits per heavy atom. The first kappa shape index (κ1) is 11.6. The second-order valence-electron chi connectivity index (χ2n) is 4.23. The molecule has 15 heavy (non-hydrogen) atoms. The van der Waals surface area contributed by atoms with Crippen LogP contribution in [0.4, 0.5) is 5.69 Å². The van der Waals surface area contributed by atoms with Crippen molar-refractivity contribution in [2.45, 2.75) is 33.2 Å². The van der Waals surface area contributed by atoms with Gasteiger partial charge in [-0.3, -0.25) is 14.3 Å². The van der Waals surface area contributed by atoms with E-state index in [1.54, 1.807) is 0 Å². The summed E-state index contributed by atoms with van der Waals surface area (Å²) in [6.07, 6.45) is 2.28. The third-order valence-corrected chi connectivity index (χ3v) is 2.28. The fourth-order valence-electron chi connectivity index (χ4n) is 1.62. The summed E-state index contributed by atoms with van der Waals surface area (Å²) in [5, 5.41) is 0.